The van der Waals surface area contributed by atoms with Crippen LogP contribution in [0.2, 0.25) is 0 Å². The van der Waals surface area contributed by atoms with Crippen LogP contribution in [0, 0.1) is 12.7 Å². The smallest absolute Gasteiger partial charge is 0.253 e. The van der Waals surface area contributed by atoms with E-state index in [4.69, 9.17) is 4.74 Å². The Morgan fingerprint density at radius 2 is 1.66 bits per heavy atom. The zero-order valence-electron chi connectivity index (χ0n) is 18.1. The maximum atomic E-state index is 13.1. The molecule has 162 valence electrons. The summed E-state index contributed by atoms with van der Waals surface area (Å²) in [7, 11) is 0. The molecule has 1 amide bonds. The molecule has 0 radical (unpaired) electrons. The third-order valence-corrected chi connectivity index (χ3v) is 5.33. The van der Waals surface area contributed by atoms with Gasteiger partial charge in [0.1, 0.15) is 11.6 Å². The lowest BCUT2D eigenvalue weighted by atomic mass is 10.1. The summed E-state index contributed by atoms with van der Waals surface area (Å²) in [5.74, 6) is 0.337. The van der Waals surface area contributed by atoms with Gasteiger partial charge in [-0.1, -0.05) is 42.5 Å². The minimum Gasteiger partial charge on any atom is -0.494 e. The first-order chi connectivity index (χ1) is 15.6. The van der Waals surface area contributed by atoms with Crippen LogP contribution in [0.3, 0.4) is 0 Å². The molecule has 4 rings (SSSR count). The first-order valence-corrected chi connectivity index (χ1v) is 10.6. The number of hydrogen-bond donors (Lipinski definition) is 1. The lowest BCUT2D eigenvalue weighted by Gasteiger charge is -2.13. The van der Waals surface area contributed by atoms with Crippen molar-refractivity contribution in [1.29, 1.82) is 0 Å². The first-order valence-electron chi connectivity index (χ1n) is 10.6. The quantitative estimate of drug-likeness (QED) is 0.397. The van der Waals surface area contributed by atoms with Crippen molar-refractivity contribution in [2.45, 2.75) is 20.4 Å². The second-order valence-electron chi connectivity index (χ2n) is 7.47. The van der Waals surface area contributed by atoms with E-state index in [-0.39, 0.29) is 11.7 Å². The minimum atomic E-state index is -0.296. The molecule has 0 aliphatic carbocycles. The Balaban J connectivity index is 1.69. The van der Waals surface area contributed by atoms with Crippen molar-refractivity contribution in [2.24, 2.45) is 0 Å². The normalized spacial score (nSPS) is 10.7. The number of aromatic nitrogens is 1. The molecule has 3 aromatic carbocycles. The predicted octanol–water partition coefficient (Wildman–Crippen LogP) is 5.92. The highest BCUT2D eigenvalue weighted by Gasteiger charge is 2.19. The predicted molar refractivity (Wildman–Crippen MR) is 125 cm³/mol. The van der Waals surface area contributed by atoms with Crippen LogP contribution in [0.4, 0.5) is 4.39 Å². The molecule has 4 nitrogen and oxygen atoms in total. The molecule has 1 N–H and O–H groups in total. The molecular weight excluding hydrogens is 403 g/mol. The lowest BCUT2D eigenvalue weighted by molar-refractivity contribution is 0.0950. The summed E-state index contributed by atoms with van der Waals surface area (Å²) in [6, 6.07) is 25.9. The fourth-order valence-electron chi connectivity index (χ4n) is 3.73. The van der Waals surface area contributed by atoms with Gasteiger partial charge in [0.15, 0.2) is 0 Å². The minimum absolute atomic E-state index is 0.173. The molecule has 0 saturated carbocycles. The fraction of sp³-hybridized carbons (Fsp3) is 0.148. The molecule has 0 aliphatic rings. The van der Waals surface area contributed by atoms with E-state index < -0.39 is 0 Å². The van der Waals surface area contributed by atoms with Gasteiger partial charge in [-0.15, -0.1) is 0 Å². The molecule has 4 aromatic rings. The van der Waals surface area contributed by atoms with Crippen molar-refractivity contribution in [3.63, 3.8) is 0 Å². The molecule has 0 atom stereocenters. The third-order valence-electron chi connectivity index (χ3n) is 5.33. The Hall–Kier alpha value is -3.86. The molecule has 0 unspecified atom stereocenters. The monoisotopic (exact) mass is 428 g/mol. The van der Waals surface area contributed by atoms with E-state index >= 15 is 0 Å². The van der Waals surface area contributed by atoms with Crippen molar-refractivity contribution >= 4 is 5.91 Å². The number of nitrogens with zero attached hydrogens (tertiary/aromatic N) is 1. The van der Waals surface area contributed by atoms with E-state index in [1.807, 2.05) is 74.5 Å². The van der Waals surface area contributed by atoms with Gasteiger partial charge in [-0.25, -0.2) is 4.39 Å². The van der Waals surface area contributed by atoms with Gasteiger partial charge in [-0.2, -0.15) is 0 Å². The number of nitrogens with one attached hydrogen (secondary N) is 1. The highest BCUT2D eigenvalue weighted by Crippen LogP contribution is 2.30. The Morgan fingerprint density at radius 1 is 0.969 bits per heavy atom. The Labute approximate surface area is 187 Å². The number of hydrogen-bond acceptors (Lipinski definition) is 2. The number of carbonyl (C=O) groups excluding carboxylic acids is 1. The standard InChI is InChI=1S/C27H25FN2O2/c1-3-32-24-15-13-23(14-16-24)30-19(2)25(17-26(30)21-7-5-4-6-8-21)27(31)29-18-20-9-11-22(28)12-10-20/h4-17H,3,18H2,1-2H3,(H,29,31). The highest BCUT2D eigenvalue weighted by molar-refractivity contribution is 5.97. The molecule has 0 aliphatic heterocycles. The van der Waals surface area contributed by atoms with Crippen LogP contribution < -0.4 is 10.1 Å². The van der Waals surface area contributed by atoms with E-state index in [1.165, 1.54) is 12.1 Å². The highest BCUT2D eigenvalue weighted by atomic mass is 19.1. The van der Waals surface area contributed by atoms with Crippen molar-refractivity contribution in [1.82, 2.24) is 9.88 Å². The van der Waals surface area contributed by atoms with Gasteiger partial charge in [0.25, 0.3) is 5.91 Å². The summed E-state index contributed by atoms with van der Waals surface area (Å²) < 4.78 is 20.8. The van der Waals surface area contributed by atoms with E-state index in [0.717, 1.165) is 34.0 Å². The molecular formula is C27H25FN2O2. The summed E-state index contributed by atoms with van der Waals surface area (Å²) in [5, 5.41) is 2.95. The second kappa shape index (κ2) is 9.52. The third kappa shape index (κ3) is 4.57. The van der Waals surface area contributed by atoms with E-state index in [0.29, 0.717) is 18.7 Å². The molecule has 0 fully saturated rings. The van der Waals surface area contributed by atoms with Crippen molar-refractivity contribution in [3.8, 4) is 22.7 Å². The Bertz CT molecular complexity index is 1200. The van der Waals surface area contributed by atoms with Crippen LogP contribution in [-0.2, 0) is 6.54 Å². The van der Waals surface area contributed by atoms with Crippen LogP contribution in [0.1, 0.15) is 28.5 Å². The topological polar surface area (TPSA) is 43.3 Å². The second-order valence-corrected chi connectivity index (χ2v) is 7.47. The zero-order chi connectivity index (χ0) is 22.5. The molecule has 0 spiro atoms. The summed E-state index contributed by atoms with van der Waals surface area (Å²) in [4.78, 5) is 13.1. The molecule has 5 heteroatoms. The summed E-state index contributed by atoms with van der Waals surface area (Å²) >= 11 is 0. The van der Waals surface area contributed by atoms with Crippen molar-refractivity contribution in [2.75, 3.05) is 6.61 Å². The molecule has 32 heavy (non-hydrogen) atoms. The van der Waals surface area contributed by atoms with E-state index in [1.54, 1.807) is 12.1 Å². The van der Waals surface area contributed by atoms with Crippen LogP contribution in [0.25, 0.3) is 16.9 Å². The van der Waals surface area contributed by atoms with E-state index in [2.05, 4.69) is 9.88 Å². The first kappa shape index (κ1) is 21.4. The maximum Gasteiger partial charge on any atom is 0.253 e. The largest absolute Gasteiger partial charge is 0.494 e. The summed E-state index contributed by atoms with van der Waals surface area (Å²) in [6.45, 7) is 4.83. The molecule has 1 aromatic heterocycles. The zero-order valence-corrected chi connectivity index (χ0v) is 18.1. The van der Waals surface area contributed by atoms with Crippen molar-refractivity contribution in [3.05, 3.63) is 108 Å². The molecule has 1 heterocycles. The summed E-state index contributed by atoms with van der Waals surface area (Å²) in [6.07, 6.45) is 0. The van der Waals surface area contributed by atoms with Gasteiger partial charge in [-0.05, 0) is 67.4 Å². The van der Waals surface area contributed by atoms with Crippen LogP contribution in [0.5, 0.6) is 5.75 Å². The van der Waals surface area contributed by atoms with E-state index in [9.17, 15) is 9.18 Å². The lowest BCUT2D eigenvalue weighted by Crippen LogP contribution is -2.23. The van der Waals surface area contributed by atoms with Crippen LogP contribution in [0.15, 0.2) is 84.9 Å². The van der Waals surface area contributed by atoms with Crippen LogP contribution in [-0.4, -0.2) is 17.1 Å². The number of ether oxygens (including phenoxy) is 1. The molecule has 0 saturated heterocycles. The number of rotatable bonds is 7. The van der Waals surface area contributed by atoms with Crippen molar-refractivity contribution < 1.29 is 13.9 Å². The van der Waals surface area contributed by atoms with Gasteiger partial charge in [0, 0.05) is 17.9 Å². The average molecular weight is 429 g/mol. The maximum absolute atomic E-state index is 13.1. The van der Waals surface area contributed by atoms with Gasteiger partial charge in [-0.3, -0.25) is 4.79 Å². The number of carbonyl (C=O) groups is 1. The number of halogens is 1. The molecule has 0 bridgehead atoms. The summed E-state index contributed by atoms with van der Waals surface area (Å²) in [5.41, 5.74) is 5.17. The number of amides is 1. The SMILES string of the molecule is CCOc1ccc(-n2c(-c3ccccc3)cc(C(=O)NCc3ccc(F)cc3)c2C)cc1. The van der Waals surface area contributed by atoms with Crippen LogP contribution >= 0.6 is 0 Å². The average Bonchev–Trinajstić information content (AvgIpc) is 3.17. The Morgan fingerprint density at radius 3 is 2.31 bits per heavy atom. The Kier molecular flexibility index (Phi) is 6.36. The van der Waals surface area contributed by atoms with Gasteiger partial charge in [0.2, 0.25) is 0 Å². The van der Waals surface area contributed by atoms with Gasteiger partial charge >= 0.3 is 0 Å². The van der Waals surface area contributed by atoms with Gasteiger partial charge in [0.05, 0.1) is 17.9 Å². The number of benzene rings is 3. The fourth-order valence-corrected chi connectivity index (χ4v) is 3.73. The van der Waals surface area contributed by atoms with Gasteiger partial charge < -0.3 is 14.6 Å².